The number of carbonyl (C=O) groups excluding carboxylic acids is 1. The van der Waals surface area contributed by atoms with Gasteiger partial charge in [-0.2, -0.15) is 0 Å². The first kappa shape index (κ1) is 14.2. The fourth-order valence-corrected chi connectivity index (χ4v) is 2.61. The third kappa shape index (κ3) is 3.67. The van der Waals surface area contributed by atoms with Crippen LogP contribution in [0.4, 0.5) is 4.79 Å². The Hall–Kier alpha value is -2.73. The Labute approximate surface area is 131 Å². The van der Waals surface area contributed by atoms with Crippen LogP contribution in [-0.2, 0) is 6.54 Å². The standard InChI is InChI=1S/C16H13N3O2S/c20-16(21-14-6-2-1-3-7-14)18-10-13-11-22-15(19-13)12-5-4-8-17-9-12/h1-9,11H,10H2,(H,18,20). The van der Waals surface area contributed by atoms with E-state index >= 15 is 0 Å². The second kappa shape index (κ2) is 6.82. The number of rotatable bonds is 4. The van der Waals surface area contributed by atoms with E-state index in [0.29, 0.717) is 12.3 Å². The zero-order chi connectivity index (χ0) is 15.2. The van der Waals surface area contributed by atoms with Crippen molar-refractivity contribution in [2.24, 2.45) is 0 Å². The van der Waals surface area contributed by atoms with Gasteiger partial charge in [0.05, 0.1) is 12.2 Å². The molecule has 1 N–H and O–H groups in total. The molecule has 22 heavy (non-hydrogen) atoms. The second-order valence-corrected chi connectivity index (χ2v) is 5.30. The highest BCUT2D eigenvalue weighted by Gasteiger charge is 2.07. The maximum absolute atomic E-state index is 11.7. The first-order valence-electron chi connectivity index (χ1n) is 6.67. The van der Waals surface area contributed by atoms with Gasteiger partial charge in [0.15, 0.2) is 0 Å². The lowest BCUT2D eigenvalue weighted by Gasteiger charge is -2.04. The Morgan fingerprint density at radius 1 is 1.18 bits per heavy atom. The van der Waals surface area contributed by atoms with Crippen LogP contribution in [0.25, 0.3) is 10.6 Å². The number of ether oxygens (including phenoxy) is 1. The predicted octanol–water partition coefficient (Wildman–Crippen LogP) is 3.49. The quantitative estimate of drug-likeness (QED) is 0.801. The topological polar surface area (TPSA) is 64.1 Å². The zero-order valence-electron chi connectivity index (χ0n) is 11.6. The van der Waals surface area contributed by atoms with E-state index in [0.717, 1.165) is 16.3 Å². The molecule has 5 nitrogen and oxygen atoms in total. The minimum Gasteiger partial charge on any atom is -0.410 e. The Balaban J connectivity index is 1.56. The molecular weight excluding hydrogens is 298 g/mol. The molecule has 0 spiro atoms. The molecule has 6 heteroatoms. The molecule has 0 aliphatic carbocycles. The summed E-state index contributed by atoms with van der Waals surface area (Å²) in [6.45, 7) is 0.322. The molecule has 0 atom stereocenters. The van der Waals surface area contributed by atoms with E-state index in [1.165, 1.54) is 11.3 Å². The number of para-hydroxylation sites is 1. The summed E-state index contributed by atoms with van der Waals surface area (Å²) in [6, 6.07) is 12.7. The molecule has 1 amide bonds. The number of nitrogens with one attached hydrogen (secondary N) is 1. The molecule has 0 radical (unpaired) electrons. The molecule has 0 bridgehead atoms. The largest absolute Gasteiger partial charge is 0.412 e. The van der Waals surface area contributed by atoms with E-state index in [1.54, 1.807) is 24.5 Å². The minimum atomic E-state index is -0.498. The van der Waals surface area contributed by atoms with Crippen LogP contribution in [0.5, 0.6) is 5.75 Å². The summed E-state index contributed by atoms with van der Waals surface area (Å²) in [5.41, 5.74) is 1.75. The number of aromatic nitrogens is 2. The number of hydrogen-bond donors (Lipinski definition) is 1. The van der Waals surface area contributed by atoms with Crippen LogP contribution in [-0.4, -0.2) is 16.1 Å². The number of nitrogens with zero attached hydrogens (tertiary/aromatic N) is 2. The normalized spacial score (nSPS) is 10.2. The van der Waals surface area contributed by atoms with Gasteiger partial charge in [-0.15, -0.1) is 11.3 Å². The highest BCUT2D eigenvalue weighted by molar-refractivity contribution is 7.13. The van der Waals surface area contributed by atoms with Crippen LogP contribution in [0, 0.1) is 0 Å². The predicted molar refractivity (Wildman–Crippen MR) is 84.7 cm³/mol. The summed E-state index contributed by atoms with van der Waals surface area (Å²) in [6.07, 6.45) is 2.99. The van der Waals surface area contributed by atoms with Crippen molar-refractivity contribution >= 4 is 17.4 Å². The molecule has 0 saturated carbocycles. The van der Waals surface area contributed by atoms with Gasteiger partial charge >= 0.3 is 6.09 Å². The van der Waals surface area contributed by atoms with E-state index in [-0.39, 0.29) is 0 Å². The van der Waals surface area contributed by atoms with E-state index in [9.17, 15) is 4.79 Å². The molecule has 110 valence electrons. The minimum absolute atomic E-state index is 0.322. The van der Waals surface area contributed by atoms with Gasteiger partial charge in [0.25, 0.3) is 0 Å². The van der Waals surface area contributed by atoms with Crippen molar-refractivity contribution in [1.82, 2.24) is 15.3 Å². The molecule has 0 aliphatic heterocycles. The van der Waals surface area contributed by atoms with Crippen LogP contribution in [0.1, 0.15) is 5.69 Å². The lowest BCUT2D eigenvalue weighted by Crippen LogP contribution is -2.26. The van der Waals surface area contributed by atoms with E-state index in [4.69, 9.17) is 4.74 Å². The Bertz CT molecular complexity index is 744. The van der Waals surface area contributed by atoms with Crippen molar-refractivity contribution in [2.45, 2.75) is 6.54 Å². The fraction of sp³-hybridized carbons (Fsp3) is 0.0625. The van der Waals surface area contributed by atoms with Crippen LogP contribution in [0.2, 0.25) is 0 Å². The molecule has 1 aromatic carbocycles. The van der Waals surface area contributed by atoms with Crippen molar-refractivity contribution in [2.75, 3.05) is 0 Å². The Morgan fingerprint density at radius 2 is 2.05 bits per heavy atom. The molecule has 2 aromatic heterocycles. The molecule has 2 heterocycles. The lowest BCUT2D eigenvalue weighted by atomic mass is 10.3. The first-order valence-corrected chi connectivity index (χ1v) is 7.55. The fourth-order valence-electron chi connectivity index (χ4n) is 1.80. The van der Waals surface area contributed by atoms with Crippen molar-refractivity contribution in [3.63, 3.8) is 0 Å². The highest BCUT2D eigenvalue weighted by atomic mass is 32.1. The summed E-state index contributed by atoms with van der Waals surface area (Å²) in [4.78, 5) is 20.2. The smallest absolute Gasteiger partial charge is 0.410 e. The van der Waals surface area contributed by atoms with Crippen molar-refractivity contribution in [3.8, 4) is 16.3 Å². The monoisotopic (exact) mass is 311 g/mol. The van der Waals surface area contributed by atoms with Gasteiger partial charge in [0.2, 0.25) is 0 Å². The number of carbonyl (C=O) groups is 1. The summed E-state index contributed by atoms with van der Waals surface area (Å²) in [5.74, 6) is 0.509. The summed E-state index contributed by atoms with van der Waals surface area (Å²) in [7, 11) is 0. The molecule has 3 rings (SSSR count). The lowest BCUT2D eigenvalue weighted by molar-refractivity contribution is 0.200. The second-order valence-electron chi connectivity index (χ2n) is 4.44. The van der Waals surface area contributed by atoms with Crippen molar-refractivity contribution in [1.29, 1.82) is 0 Å². The van der Waals surface area contributed by atoms with Crippen LogP contribution < -0.4 is 10.1 Å². The van der Waals surface area contributed by atoms with Gasteiger partial charge < -0.3 is 10.1 Å². The summed E-state index contributed by atoms with van der Waals surface area (Å²) in [5, 5.41) is 5.46. The van der Waals surface area contributed by atoms with Crippen molar-refractivity contribution in [3.05, 3.63) is 65.9 Å². The highest BCUT2D eigenvalue weighted by Crippen LogP contribution is 2.22. The maximum atomic E-state index is 11.7. The Kier molecular flexibility index (Phi) is 4.41. The van der Waals surface area contributed by atoms with Gasteiger partial charge in [0.1, 0.15) is 10.8 Å². The first-order chi connectivity index (χ1) is 10.8. The van der Waals surface area contributed by atoms with Crippen molar-refractivity contribution < 1.29 is 9.53 Å². The summed E-state index contributed by atoms with van der Waals surface area (Å²) < 4.78 is 5.14. The van der Waals surface area contributed by atoms with Crippen LogP contribution >= 0.6 is 11.3 Å². The van der Waals surface area contributed by atoms with Gasteiger partial charge in [0, 0.05) is 23.3 Å². The van der Waals surface area contributed by atoms with E-state index in [1.807, 2.05) is 35.7 Å². The van der Waals surface area contributed by atoms with Crippen LogP contribution in [0.15, 0.2) is 60.2 Å². The number of pyridine rings is 1. The molecule has 0 saturated heterocycles. The third-order valence-electron chi connectivity index (χ3n) is 2.83. The summed E-state index contributed by atoms with van der Waals surface area (Å²) >= 11 is 1.52. The van der Waals surface area contributed by atoms with Gasteiger partial charge in [-0.05, 0) is 24.3 Å². The number of benzene rings is 1. The van der Waals surface area contributed by atoms with E-state index < -0.39 is 6.09 Å². The van der Waals surface area contributed by atoms with Gasteiger partial charge in [-0.3, -0.25) is 4.98 Å². The van der Waals surface area contributed by atoms with Crippen LogP contribution in [0.3, 0.4) is 0 Å². The number of hydrogen-bond acceptors (Lipinski definition) is 5. The zero-order valence-corrected chi connectivity index (χ0v) is 12.4. The SMILES string of the molecule is O=C(NCc1csc(-c2cccnc2)n1)Oc1ccccc1. The van der Waals surface area contributed by atoms with E-state index in [2.05, 4.69) is 15.3 Å². The van der Waals surface area contributed by atoms with Gasteiger partial charge in [-0.25, -0.2) is 9.78 Å². The average molecular weight is 311 g/mol. The molecule has 0 unspecified atom stereocenters. The number of thiazole rings is 1. The average Bonchev–Trinajstić information content (AvgIpc) is 3.04. The molecule has 0 fully saturated rings. The molecular formula is C16H13N3O2S. The molecule has 0 aliphatic rings. The molecule has 3 aromatic rings. The van der Waals surface area contributed by atoms with Gasteiger partial charge in [-0.1, -0.05) is 18.2 Å². The Morgan fingerprint density at radius 3 is 2.82 bits per heavy atom. The third-order valence-corrected chi connectivity index (χ3v) is 3.77. The maximum Gasteiger partial charge on any atom is 0.412 e. The number of amides is 1.